The van der Waals surface area contributed by atoms with Gasteiger partial charge in [-0.05, 0) is 60.2 Å². The van der Waals surface area contributed by atoms with Gasteiger partial charge in [0.1, 0.15) is 23.0 Å². The van der Waals surface area contributed by atoms with Gasteiger partial charge in [0.2, 0.25) is 0 Å². The Morgan fingerprint density at radius 3 is 2.49 bits per heavy atom. The Bertz CT molecular complexity index is 1310. The van der Waals surface area contributed by atoms with Crippen molar-refractivity contribution in [3.63, 3.8) is 0 Å². The molecule has 2 aromatic heterocycles. The molecule has 0 fully saturated rings. The normalized spacial score (nSPS) is 12.5. The number of methoxy groups -OCH3 is 1. The number of nitrogens with one attached hydrogen (secondary N) is 2. The third kappa shape index (κ3) is 7.60. The zero-order chi connectivity index (χ0) is 27.7. The van der Waals surface area contributed by atoms with E-state index in [2.05, 4.69) is 37.8 Å². The lowest BCUT2D eigenvalue weighted by Crippen LogP contribution is -2.26. The first-order valence-corrected chi connectivity index (χ1v) is 15.4. The molecule has 3 rings (SSSR count). The zero-order valence-electron chi connectivity index (χ0n) is 21.8. The number of aryl methyl sites for hydroxylation is 1. The number of aromatic nitrogens is 3. The second-order valence-corrected chi connectivity index (χ2v) is 9.60. The van der Waals surface area contributed by atoms with Crippen molar-refractivity contribution < 1.29 is 4.74 Å². The van der Waals surface area contributed by atoms with Crippen molar-refractivity contribution >= 4 is 62.6 Å². The van der Waals surface area contributed by atoms with Crippen LogP contribution in [0.15, 0.2) is 53.0 Å². The van der Waals surface area contributed by atoms with E-state index >= 15 is 0 Å². The van der Waals surface area contributed by atoms with Gasteiger partial charge in [-0.25, -0.2) is 20.9 Å². The van der Waals surface area contributed by atoms with Crippen molar-refractivity contribution in [2.45, 2.75) is 27.7 Å². The van der Waals surface area contributed by atoms with Gasteiger partial charge in [-0.15, -0.1) is 5.10 Å². The Hall–Kier alpha value is -3.29. The summed E-state index contributed by atoms with van der Waals surface area (Å²) >= 11 is 2.30. The van der Waals surface area contributed by atoms with Crippen LogP contribution < -0.4 is 38.4 Å². The number of benzene rings is 1. The van der Waals surface area contributed by atoms with E-state index in [1.807, 2.05) is 43.3 Å². The molecule has 0 bridgehead atoms. The predicted molar refractivity (Wildman–Crippen MR) is 164 cm³/mol. The number of halogens is 1. The highest BCUT2D eigenvalue weighted by Gasteiger charge is 2.18. The Labute approximate surface area is 231 Å². The van der Waals surface area contributed by atoms with E-state index in [-0.39, 0.29) is 5.84 Å². The average molecular weight is 639 g/mol. The van der Waals surface area contributed by atoms with Crippen LogP contribution in [0.2, 0.25) is 0 Å². The third-order valence-electron chi connectivity index (χ3n) is 4.70. The maximum Gasteiger partial charge on any atom is 0.168 e. The van der Waals surface area contributed by atoms with E-state index in [4.69, 9.17) is 37.7 Å². The zero-order valence-corrected chi connectivity index (χ0v) is 25.0. The quantitative estimate of drug-likeness (QED) is 0.0383. The molecule has 3 aromatic rings. The fraction of sp³-hybridized carbons (Fsp3) is 0.261. The number of imidazole rings is 1. The van der Waals surface area contributed by atoms with Crippen LogP contribution in [0, 0.1) is 6.92 Å². The Morgan fingerprint density at radius 1 is 1.19 bits per heavy atom. The van der Waals surface area contributed by atoms with E-state index < -0.39 is 0 Å². The molecule has 37 heavy (non-hydrogen) atoms. The summed E-state index contributed by atoms with van der Waals surface area (Å²) in [5.74, 6) is 8.12. The van der Waals surface area contributed by atoms with Crippen LogP contribution in [0.5, 0.6) is 5.75 Å². The van der Waals surface area contributed by atoms with Crippen LogP contribution >= 0.6 is 28.4 Å². The molecule has 0 saturated carbocycles. The Balaban J connectivity index is 0.00000235. The fourth-order valence-electron chi connectivity index (χ4n) is 3.25. The maximum absolute atomic E-state index is 6.15. The van der Waals surface area contributed by atoms with Gasteiger partial charge < -0.3 is 32.6 Å². The minimum absolute atomic E-state index is 0.213. The lowest BCUT2D eigenvalue weighted by molar-refractivity contribution is 0.371. The van der Waals surface area contributed by atoms with Gasteiger partial charge in [0.25, 0.3) is 0 Å². The van der Waals surface area contributed by atoms with E-state index in [0.29, 0.717) is 57.6 Å². The largest absolute Gasteiger partial charge is 0.494 e. The molecule has 1 atom stereocenters. The summed E-state index contributed by atoms with van der Waals surface area (Å²) in [5, 5.41) is 11.8. The monoisotopic (exact) mass is 639 g/mol. The molecule has 1 aromatic carbocycles. The number of para-hydroxylation sites is 1. The van der Waals surface area contributed by atoms with E-state index in [9.17, 15) is 0 Å². The van der Waals surface area contributed by atoms with Crippen LogP contribution in [0.4, 0.5) is 17.2 Å². The molecule has 10 N–H and O–H groups in total. The van der Waals surface area contributed by atoms with Gasteiger partial charge in [-0.2, -0.15) is 0 Å². The first-order valence-electron chi connectivity index (χ1n) is 11.3. The number of rotatable bonds is 9. The Kier molecular flexibility index (Phi) is 11.2. The molecule has 0 aliphatic carbocycles. The predicted octanol–water partition coefficient (Wildman–Crippen LogP) is 3.81. The number of fused-ring (bicyclic) bond motifs is 1. The summed E-state index contributed by atoms with van der Waals surface area (Å²) in [6.45, 7) is 7.72. The van der Waals surface area contributed by atoms with Gasteiger partial charge in [0.15, 0.2) is 17.2 Å². The second kappa shape index (κ2) is 13.9. The van der Waals surface area contributed by atoms with Crippen LogP contribution in [0.25, 0.3) is 11.2 Å². The Morgan fingerprint density at radius 2 is 1.89 bits per heavy atom. The van der Waals surface area contributed by atoms with Gasteiger partial charge in [0, 0.05) is 18.8 Å². The van der Waals surface area contributed by atoms with Crippen molar-refractivity contribution in [2.75, 3.05) is 24.8 Å². The highest BCUT2D eigenvalue weighted by molar-refractivity contribution is 14.2. The minimum Gasteiger partial charge on any atom is -0.494 e. The summed E-state index contributed by atoms with van der Waals surface area (Å²) in [4.78, 5) is 9.49. The standard InChI is InChI=1S/C21H29IN11OP.C2H6/c1-11(23)8-9-16(24)29-17-10-15(18-21(30-17)33(35-22)12(2)27-18)28-14-7-5-6-13(19(14)34-4)20(25)31-32(3)26;1-2/h5-10,35H,23-24,26H2,1-4H3,(H2,25,31)(H2,28,29,30);1-2H3/b11-8-,16-9+;. The molecule has 0 saturated heterocycles. The lowest BCUT2D eigenvalue weighted by atomic mass is 10.1. The number of hydrazone groups is 1. The summed E-state index contributed by atoms with van der Waals surface area (Å²) in [6, 6.07) is 7.34. The minimum atomic E-state index is 0.213. The molecular weight excluding hydrogens is 604 g/mol. The summed E-state index contributed by atoms with van der Waals surface area (Å²) in [5.41, 5.74) is 22.0. The number of pyridine rings is 1. The molecule has 0 radical (unpaired) electrons. The second-order valence-electron chi connectivity index (χ2n) is 7.53. The molecule has 0 spiro atoms. The van der Waals surface area contributed by atoms with E-state index in [1.54, 1.807) is 39.3 Å². The van der Waals surface area contributed by atoms with Crippen LogP contribution in [-0.2, 0) is 0 Å². The number of anilines is 3. The van der Waals surface area contributed by atoms with Gasteiger partial charge >= 0.3 is 0 Å². The number of amidine groups is 1. The van der Waals surface area contributed by atoms with Gasteiger partial charge in [-0.3, -0.25) is 4.34 Å². The molecule has 1 unspecified atom stereocenters. The van der Waals surface area contributed by atoms with Crippen LogP contribution in [0.1, 0.15) is 32.2 Å². The van der Waals surface area contributed by atoms with Crippen molar-refractivity contribution in [3.8, 4) is 5.75 Å². The summed E-state index contributed by atoms with van der Waals surface area (Å²) in [7, 11) is 3.15. The number of ether oxygens (including phenoxy) is 1. The van der Waals surface area contributed by atoms with Crippen LogP contribution in [0.3, 0.4) is 0 Å². The fourth-order valence-corrected chi connectivity index (χ4v) is 5.39. The number of hydrogen-bond donors (Lipinski definition) is 6. The number of hydrazine groups is 1. The molecule has 2 heterocycles. The molecule has 0 aliphatic heterocycles. The van der Waals surface area contributed by atoms with Crippen molar-refractivity contribution in [1.29, 1.82) is 0 Å². The van der Waals surface area contributed by atoms with Crippen LogP contribution in [-0.4, -0.2) is 39.4 Å². The van der Waals surface area contributed by atoms with E-state index in [0.717, 1.165) is 10.9 Å². The van der Waals surface area contributed by atoms with Crippen molar-refractivity contribution in [2.24, 2.45) is 28.1 Å². The van der Waals surface area contributed by atoms with E-state index in [1.165, 1.54) is 0 Å². The average Bonchev–Trinajstić information content (AvgIpc) is 3.18. The smallest absolute Gasteiger partial charge is 0.168 e. The molecule has 200 valence electrons. The molecular formula is C23H35IN11OP. The summed E-state index contributed by atoms with van der Waals surface area (Å²) < 4.78 is 7.71. The first kappa shape index (κ1) is 29.9. The SMILES string of the molecule is CC.COc1c(Nc2cc(N/C(N)=C/C=C(/C)N)nc3c2nc(C)n3PI)cccc1/C(N)=N/N(C)N. The topological polar surface area (TPSA) is 184 Å². The molecule has 14 heteroatoms. The molecule has 0 aliphatic rings. The number of allylic oxidation sites excluding steroid dienone is 3. The van der Waals surface area contributed by atoms with Crippen molar-refractivity contribution in [1.82, 2.24) is 19.4 Å². The highest BCUT2D eigenvalue weighted by atomic mass is 127. The maximum atomic E-state index is 6.15. The molecule has 0 amide bonds. The summed E-state index contributed by atoms with van der Waals surface area (Å²) in [6.07, 6.45) is 3.80. The first-order chi connectivity index (χ1) is 17.6. The van der Waals surface area contributed by atoms with Crippen molar-refractivity contribution in [3.05, 3.63) is 59.3 Å². The van der Waals surface area contributed by atoms with Gasteiger partial charge in [0.05, 0.1) is 30.4 Å². The van der Waals surface area contributed by atoms with Gasteiger partial charge in [-0.1, -0.05) is 19.9 Å². The lowest BCUT2D eigenvalue weighted by Gasteiger charge is -2.16. The highest BCUT2D eigenvalue weighted by Crippen LogP contribution is 2.37. The third-order valence-corrected chi connectivity index (χ3v) is 6.85. The number of nitrogens with zero attached hydrogens (tertiary/aromatic N) is 5. The number of nitrogens with two attached hydrogens (primary N) is 4. The number of hydrogen-bond acceptors (Lipinski definition) is 10. The molecule has 12 nitrogen and oxygen atoms in total.